The van der Waals surface area contributed by atoms with Crippen molar-refractivity contribution in [3.8, 4) is 11.4 Å². The highest BCUT2D eigenvalue weighted by Crippen LogP contribution is 2.19. The molecule has 0 radical (unpaired) electrons. The van der Waals surface area contributed by atoms with Crippen molar-refractivity contribution in [2.75, 3.05) is 5.32 Å². The molecule has 5 nitrogen and oxygen atoms in total. The maximum Gasteiger partial charge on any atom is 0.181 e. The maximum atomic E-state index is 4.30. The Bertz CT molecular complexity index is 659. The molecule has 3 rings (SSSR count). The monoisotopic (exact) mass is 271 g/mol. The summed E-state index contributed by atoms with van der Waals surface area (Å²) in [7, 11) is 1.86. The zero-order valence-corrected chi connectivity index (χ0v) is 11.3. The van der Waals surface area contributed by atoms with Gasteiger partial charge in [-0.1, -0.05) is 12.1 Å². The van der Waals surface area contributed by atoms with Crippen LogP contribution in [0.5, 0.6) is 0 Å². The first-order valence-electron chi connectivity index (χ1n) is 5.88. The second-order valence-corrected chi connectivity index (χ2v) is 5.11. The van der Waals surface area contributed by atoms with Crippen LogP contribution in [-0.2, 0) is 13.6 Å². The molecule has 2 heterocycles. The summed E-state index contributed by atoms with van der Waals surface area (Å²) in [4.78, 5) is 9.52. The Labute approximate surface area is 115 Å². The number of rotatable bonds is 4. The van der Waals surface area contributed by atoms with Gasteiger partial charge in [0.05, 0.1) is 12.1 Å². The quantitative estimate of drug-likeness (QED) is 0.792. The Hall–Kier alpha value is -2.21. The summed E-state index contributed by atoms with van der Waals surface area (Å²) < 4.78 is 1.70. The molecule has 0 bridgehead atoms. The summed E-state index contributed by atoms with van der Waals surface area (Å²) in [5.41, 5.74) is 3.90. The highest BCUT2D eigenvalue weighted by molar-refractivity contribution is 7.09. The van der Waals surface area contributed by atoms with Gasteiger partial charge in [-0.2, -0.15) is 5.10 Å². The van der Waals surface area contributed by atoms with Crippen molar-refractivity contribution in [2.45, 2.75) is 6.54 Å². The van der Waals surface area contributed by atoms with Crippen LogP contribution in [0.15, 0.2) is 42.3 Å². The highest BCUT2D eigenvalue weighted by Gasteiger charge is 2.04. The summed E-state index contributed by atoms with van der Waals surface area (Å²) in [5, 5.41) is 7.67. The minimum absolute atomic E-state index is 0.740. The molecule has 0 atom stereocenters. The van der Waals surface area contributed by atoms with Crippen molar-refractivity contribution in [1.29, 1.82) is 0 Å². The predicted molar refractivity (Wildman–Crippen MR) is 75.9 cm³/mol. The molecule has 2 aromatic heterocycles. The third-order valence-corrected chi connectivity index (χ3v) is 3.45. The summed E-state index contributed by atoms with van der Waals surface area (Å²) in [6, 6.07) is 8.09. The van der Waals surface area contributed by atoms with Crippen molar-refractivity contribution >= 4 is 17.0 Å². The fourth-order valence-electron chi connectivity index (χ4n) is 1.76. The molecule has 0 aliphatic heterocycles. The van der Waals surface area contributed by atoms with Gasteiger partial charge in [-0.05, 0) is 12.1 Å². The Morgan fingerprint density at radius 2 is 2.32 bits per heavy atom. The molecule has 1 N–H and O–H groups in total. The van der Waals surface area contributed by atoms with Crippen LogP contribution in [0, 0.1) is 0 Å². The molecular formula is C13H13N5S. The molecule has 96 valence electrons. The number of aromatic nitrogens is 4. The first-order valence-corrected chi connectivity index (χ1v) is 6.76. The smallest absolute Gasteiger partial charge is 0.181 e. The number of hydrogen-bond acceptors (Lipinski definition) is 5. The molecule has 0 saturated heterocycles. The highest BCUT2D eigenvalue weighted by atomic mass is 32.1. The number of anilines is 1. The fraction of sp³-hybridized carbons (Fsp3) is 0.154. The average molecular weight is 271 g/mol. The summed E-state index contributed by atoms with van der Waals surface area (Å²) >= 11 is 1.64. The Morgan fingerprint density at radius 1 is 1.37 bits per heavy atom. The zero-order valence-electron chi connectivity index (χ0n) is 10.4. The van der Waals surface area contributed by atoms with Gasteiger partial charge in [0.2, 0.25) is 0 Å². The summed E-state index contributed by atoms with van der Waals surface area (Å²) in [6.45, 7) is 0.782. The van der Waals surface area contributed by atoms with Crippen molar-refractivity contribution < 1.29 is 0 Å². The number of hydrogen-bond donors (Lipinski definition) is 1. The van der Waals surface area contributed by atoms with Gasteiger partial charge in [0.15, 0.2) is 5.82 Å². The average Bonchev–Trinajstić information content (AvgIpc) is 3.08. The number of aryl methyl sites for hydroxylation is 1. The molecule has 3 aromatic rings. The van der Waals surface area contributed by atoms with E-state index in [1.54, 1.807) is 22.3 Å². The summed E-state index contributed by atoms with van der Waals surface area (Å²) in [5.74, 6) is 0.740. The van der Waals surface area contributed by atoms with E-state index in [1.165, 1.54) is 4.88 Å². The SMILES string of the molecule is Cn1cnc(-c2cccc(NCc3cncs3)c2)n1. The van der Waals surface area contributed by atoms with E-state index in [9.17, 15) is 0 Å². The molecule has 0 aliphatic carbocycles. The van der Waals surface area contributed by atoms with Crippen LogP contribution >= 0.6 is 11.3 Å². The molecule has 0 aliphatic rings. The van der Waals surface area contributed by atoms with Crippen LogP contribution in [0.2, 0.25) is 0 Å². The van der Waals surface area contributed by atoms with E-state index in [0.717, 1.165) is 23.6 Å². The van der Waals surface area contributed by atoms with Crippen LogP contribution in [0.1, 0.15) is 4.88 Å². The minimum atomic E-state index is 0.740. The minimum Gasteiger partial charge on any atom is -0.380 e. The van der Waals surface area contributed by atoms with Gasteiger partial charge in [-0.15, -0.1) is 11.3 Å². The largest absolute Gasteiger partial charge is 0.380 e. The lowest BCUT2D eigenvalue weighted by Crippen LogP contribution is -1.97. The van der Waals surface area contributed by atoms with Gasteiger partial charge < -0.3 is 5.32 Å². The van der Waals surface area contributed by atoms with E-state index in [2.05, 4.69) is 26.4 Å². The van der Waals surface area contributed by atoms with E-state index in [4.69, 9.17) is 0 Å². The van der Waals surface area contributed by atoms with Crippen LogP contribution in [0.3, 0.4) is 0 Å². The van der Waals surface area contributed by atoms with Gasteiger partial charge in [0, 0.05) is 29.4 Å². The van der Waals surface area contributed by atoms with Crippen LogP contribution < -0.4 is 5.32 Å². The first-order chi connectivity index (χ1) is 9.31. The predicted octanol–water partition coefficient (Wildman–Crippen LogP) is 2.55. The van der Waals surface area contributed by atoms with E-state index in [-0.39, 0.29) is 0 Å². The van der Waals surface area contributed by atoms with Gasteiger partial charge >= 0.3 is 0 Å². The normalized spacial score (nSPS) is 10.6. The van der Waals surface area contributed by atoms with E-state index in [1.807, 2.05) is 37.0 Å². The summed E-state index contributed by atoms with van der Waals surface area (Å²) in [6.07, 6.45) is 3.58. The maximum absolute atomic E-state index is 4.30. The molecule has 1 aromatic carbocycles. The zero-order chi connectivity index (χ0) is 13.1. The van der Waals surface area contributed by atoms with Crippen molar-refractivity contribution in [3.05, 3.63) is 47.2 Å². The van der Waals surface area contributed by atoms with E-state index in [0.29, 0.717) is 0 Å². The van der Waals surface area contributed by atoms with Crippen molar-refractivity contribution in [2.24, 2.45) is 7.05 Å². The van der Waals surface area contributed by atoms with Gasteiger partial charge in [0.25, 0.3) is 0 Å². The van der Waals surface area contributed by atoms with Crippen LogP contribution in [-0.4, -0.2) is 19.7 Å². The Balaban J connectivity index is 1.76. The second kappa shape index (κ2) is 5.19. The first kappa shape index (κ1) is 11.9. The molecule has 0 fully saturated rings. The third kappa shape index (κ3) is 2.79. The Morgan fingerprint density at radius 3 is 3.05 bits per heavy atom. The Kier molecular flexibility index (Phi) is 3.24. The van der Waals surface area contributed by atoms with Gasteiger partial charge in [-0.3, -0.25) is 9.67 Å². The topological polar surface area (TPSA) is 55.6 Å². The van der Waals surface area contributed by atoms with Gasteiger partial charge in [-0.25, -0.2) is 4.98 Å². The second-order valence-electron chi connectivity index (χ2n) is 4.14. The van der Waals surface area contributed by atoms with Gasteiger partial charge in [0.1, 0.15) is 6.33 Å². The number of nitrogens with one attached hydrogen (secondary N) is 1. The number of thiazole rings is 1. The van der Waals surface area contributed by atoms with Crippen molar-refractivity contribution in [3.63, 3.8) is 0 Å². The molecule has 0 spiro atoms. The lowest BCUT2D eigenvalue weighted by molar-refractivity contribution is 0.768. The van der Waals surface area contributed by atoms with Crippen molar-refractivity contribution in [1.82, 2.24) is 19.7 Å². The number of benzene rings is 1. The molecule has 6 heteroatoms. The van der Waals surface area contributed by atoms with Crippen LogP contribution in [0.4, 0.5) is 5.69 Å². The molecule has 0 amide bonds. The molecule has 0 saturated carbocycles. The number of nitrogens with zero attached hydrogens (tertiary/aromatic N) is 4. The molecule has 0 unspecified atom stereocenters. The van der Waals surface area contributed by atoms with E-state index >= 15 is 0 Å². The standard InChI is InChI=1S/C13H13N5S/c1-18-8-16-13(17-18)10-3-2-4-11(5-10)15-7-12-6-14-9-19-12/h2-6,8-9,15H,7H2,1H3. The lowest BCUT2D eigenvalue weighted by atomic mass is 10.2. The molecular weight excluding hydrogens is 258 g/mol. The third-order valence-electron chi connectivity index (χ3n) is 2.67. The van der Waals surface area contributed by atoms with E-state index < -0.39 is 0 Å². The lowest BCUT2D eigenvalue weighted by Gasteiger charge is -2.05. The van der Waals surface area contributed by atoms with Crippen LogP contribution in [0.25, 0.3) is 11.4 Å². The fourth-order valence-corrected chi connectivity index (χ4v) is 2.29. The molecule has 19 heavy (non-hydrogen) atoms.